The third-order valence-electron chi connectivity index (χ3n) is 2.08. The van der Waals surface area contributed by atoms with E-state index in [2.05, 4.69) is 15.3 Å². The number of hydrogen-bond acceptors (Lipinski definition) is 5. The summed E-state index contributed by atoms with van der Waals surface area (Å²) in [6, 6.07) is 5.27. The molecule has 1 aromatic carbocycles. The summed E-state index contributed by atoms with van der Waals surface area (Å²) in [5.41, 5.74) is 2.95. The van der Waals surface area contributed by atoms with Gasteiger partial charge in [0.25, 0.3) is 0 Å². The van der Waals surface area contributed by atoms with Crippen LogP contribution in [0.25, 0.3) is 0 Å². The number of nitrogens with one attached hydrogen (secondary N) is 1. The van der Waals surface area contributed by atoms with Crippen LogP contribution in [0.4, 0.5) is 4.79 Å². The lowest BCUT2D eigenvalue weighted by molar-refractivity contribution is 0.152. The van der Waals surface area contributed by atoms with Gasteiger partial charge < -0.3 is 14.2 Å². The summed E-state index contributed by atoms with van der Waals surface area (Å²) in [7, 11) is 3.12. The van der Waals surface area contributed by atoms with Gasteiger partial charge in [0.1, 0.15) is 11.5 Å². The predicted molar refractivity (Wildman–Crippen MR) is 67.3 cm³/mol. The molecule has 0 saturated carbocycles. The molecule has 1 rings (SSSR count). The molecule has 1 amide bonds. The van der Waals surface area contributed by atoms with Gasteiger partial charge in [0, 0.05) is 11.6 Å². The third-order valence-corrected chi connectivity index (χ3v) is 2.08. The quantitative estimate of drug-likeness (QED) is 0.640. The highest BCUT2D eigenvalue weighted by Gasteiger charge is 2.03. The molecule has 6 nitrogen and oxygen atoms in total. The first-order chi connectivity index (χ1) is 8.71. The summed E-state index contributed by atoms with van der Waals surface area (Å²) in [6.07, 6.45) is 0.871. The Kier molecular flexibility index (Phi) is 5.50. The molecule has 1 aromatic rings. The fourth-order valence-corrected chi connectivity index (χ4v) is 1.24. The van der Waals surface area contributed by atoms with E-state index in [0.29, 0.717) is 18.1 Å². The Bertz CT molecular complexity index is 432. The molecule has 0 aliphatic heterocycles. The average molecular weight is 252 g/mol. The first-order valence-corrected chi connectivity index (χ1v) is 5.39. The van der Waals surface area contributed by atoms with Crippen molar-refractivity contribution in [3.05, 3.63) is 23.8 Å². The minimum absolute atomic E-state index is 0.299. The van der Waals surface area contributed by atoms with Crippen molar-refractivity contribution in [3.63, 3.8) is 0 Å². The number of ether oxygens (including phenoxy) is 3. The second-order valence-electron chi connectivity index (χ2n) is 3.20. The number of benzene rings is 1. The van der Waals surface area contributed by atoms with Gasteiger partial charge in [-0.05, 0) is 19.1 Å². The van der Waals surface area contributed by atoms with E-state index in [1.54, 1.807) is 39.3 Å². The van der Waals surface area contributed by atoms with Crippen LogP contribution in [0, 0.1) is 0 Å². The van der Waals surface area contributed by atoms with Crippen molar-refractivity contribution in [1.29, 1.82) is 0 Å². The summed E-state index contributed by atoms with van der Waals surface area (Å²) in [5, 5.41) is 3.75. The Morgan fingerprint density at radius 3 is 2.78 bits per heavy atom. The SMILES string of the molecule is CCOC(=O)NN=Cc1ccc(OC)cc1OC. The number of nitrogens with zero attached hydrogens (tertiary/aromatic N) is 1. The summed E-state index contributed by atoms with van der Waals surface area (Å²) >= 11 is 0. The van der Waals surface area contributed by atoms with E-state index in [-0.39, 0.29) is 0 Å². The highest BCUT2D eigenvalue weighted by Crippen LogP contribution is 2.22. The first kappa shape index (κ1) is 13.8. The monoisotopic (exact) mass is 252 g/mol. The number of carbonyl (C=O) groups is 1. The van der Waals surface area contributed by atoms with Crippen LogP contribution >= 0.6 is 0 Å². The summed E-state index contributed by atoms with van der Waals surface area (Å²) in [6.45, 7) is 2.02. The fraction of sp³-hybridized carbons (Fsp3) is 0.333. The molecule has 18 heavy (non-hydrogen) atoms. The number of methoxy groups -OCH3 is 2. The number of hydrazone groups is 1. The zero-order valence-electron chi connectivity index (χ0n) is 10.6. The maximum atomic E-state index is 11.0. The van der Waals surface area contributed by atoms with E-state index >= 15 is 0 Å². The topological polar surface area (TPSA) is 69.2 Å². The van der Waals surface area contributed by atoms with Gasteiger partial charge in [0.2, 0.25) is 0 Å². The van der Waals surface area contributed by atoms with Crippen molar-refractivity contribution < 1.29 is 19.0 Å². The molecule has 0 saturated heterocycles. The van der Waals surface area contributed by atoms with Crippen LogP contribution in [-0.2, 0) is 4.74 Å². The van der Waals surface area contributed by atoms with Gasteiger partial charge in [-0.3, -0.25) is 0 Å². The van der Waals surface area contributed by atoms with Crippen LogP contribution in [0.5, 0.6) is 11.5 Å². The largest absolute Gasteiger partial charge is 0.497 e. The molecule has 0 bridgehead atoms. The minimum Gasteiger partial charge on any atom is -0.497 e. The van der Waals surface area contributed by atoms with Crippen molar-refractivity contribution in [1.82, 2.24) is 5.43 Å². The molecule has 0 fully saturated rings. The lowest BCUT2D eigenvalue weighted by Gasteiger charge is -2.06. The molecule has 1 N–H and O–H groups in total. The van der Waals surface area contributed by atoms with E-state index in [9.17, 15) is 4.79 Å². The Balaban J connectivity index is 2.71. The zero-order valence-corrected chi connectivity index (χ0v) is 10.6. The minimum atomic E-state index is -0.596. The van der Waals surface area contributed by atoms with E-state index in [0.717, 1.165) is 5.56 Å². The summed E-state index contributed by atoms with van der Waals surface area (Å²) < 4.78 is 14.9. The number of carbonyl (C=O) groups excluding carboxylic acids is 1. The Hall–Kier alpha value is -2.24. The molecule has 0 atom stereocenters. The second kappa shape index (κ2) is 7.16. The smallest absolute Gasteiger partial charge is 0.427 e. The number of amides is 1. The predicted octanol–water partition coefficient (Wildman–Crippen LogP) is 1.78. The van der Waals surface area contributed by atoms with Crippen molar-refractivity contribution in [2.45, 2.75) is 6.92 Å². The van der Waals surface area contributed by atoms with Crippen LogP contribution in [0.15, 0.2) is 23.3 Å². The van der Waals surface area contributed by atoms with Gasteiger partial charge in [-0.1, -0.05) is 0 Å². The van der Waals surface area contributed by atoms with E-state index in [4.69, 9.17) is 9.47 Å². The molecule has 0 aliphatic carbocycles. The summed E-state index contributed by atoms with van der Waals surface area (Å²) in [4.78, 5) is 11.0. The third kappa shape index (κ3) is 3.97. The number of rotatable bonds is 5. The zero-order chi connectivity index (χ0) is 13.4. The molecule has 0 aromatic heterocycles. The standard InChI is InChI=1S/C12H16N2O4/c1-4-18-12(15)14-13-8-9-5-6-10(16-2)7-11(9)17-3/h5-8H,4H2,1-3H3,(H,14,15). The molecule has 98 valence electrons. The van der Waals surface area contributed by atoms with E-state index in [1.807, 2.05) is 0 Å². The lowest BCUT2D eigenvalue weighted by atomic mass is 10.2. The Morgan fingerprint density at radius 2 is 2.17 bits per heavy atom. The number of hydrogen-bond donors (Lipinski definition) is 1. The lowest BCUT2D eigenvalue weighted by Crippen LogP contribution is -2.18. The Morgan fingerprint density at radius 1 is 1.39 bits per heavy atom. The van der Waals surface area contributed by atoms with Crippen molar-refractivity contribution in [2.75, 3.05) is 20.8 Å². The first-order valence-electron chi connectivity index (χ1n) is 5.39. The molecule has 0 spiro atoms. The molecule has 6 heteroatoms. The maximum Gasteiger partial charge on any atom is 0.427 e. The molecule has 0 heterocycles. The normalized spacial score (nSPS) is 10.2. The van der Waals surface area contributed by atoms with Gasteiger partial charge in [-0.25, -0.2) is 10.2 Å². The fourth-order valence-electron chi connectivity index (χ4n) is 1.24. The van der Waals surface area contributed by atoms with Gasteiger partial charge >= 0.3 is 6.09 Å². The van der Waals surface area contributed by atoms with Crippen molar-refractivity contribution >= 4 is 12.3 Å². The maximum absolute atomic E-state index is 11.0. The summed E-state index contributed by atoms with van der Waals surface area (Å²) in [5.74, 6) is 1.28. The molecule has 0 aliphatic rings. The highest BCUT2D eigenvalue weighted by atomic mass is 16.5. The van der Waals surface area contributed by atoms with Gasteiger partial charge in [-0.15, -0.1) is 0 Å². The van der Waals surface area contributed by atoms with Crippen LogP contribution in [0.2, 0.25) is 0 Å². The Labute approximate surface area is 106 Å². The van der Waals surface area contributed by atoms with Crippen LogP contribution in [0.3, 0.4) is 0 Å². The second-order valence-corrected chi connectivity index (χ2v) is 3.20. The van der Waals surface area contributed by atoms with Crippen LogP contribution in [0.1, 0.15) is 12.5 Å². The van der Waals surface area contributed by atoms with Gasteiger partial charge in [-0.2, -0.15) is 5.10 Å². The average Bonchev–Trinajstić information content (AvgIpc) is 2.39. The van der Waals surface area contributed by atoms with Crippen LogP contribution < -0.4 is 14.9 Å². The van der Waals surface area contributed by atoms with Crippen molar-refractivity contribution in [2.24, 2.45) is 5.10 Å². The highest BCUT2D eigenvalue weighted by molar-refractivity contribution is 5.84. The van der Waals surface area contributed by atoms with Crippen molar-refractivity contribution in [3.8, 4) is 11.5 Å². The van der Waals surface area contributed by atoms with Gasteiger partial charge in [0.15, 0.2) is 0 Å². The molecular formula is C12H16N2O4. The molecular weight excluding hydrogens is 236 g/mol. The van der Waals surface area contributed by atoms with E-state index in [1.165, 1.54) is 6.21 Å². The van der Waals surface area contributed by atoms with Crippen LogP contribution in [-0.4, -0.2) is 33.1 Å². The molecule has 0 radical (unpaired) electrons. The van der Waals surface area contributed by atoms with Gasteiger partial charge in [0.05, 0.1) is 27.0 Å². The van der Waals surface area contributed by atoms with E-state index < -0.39 is 6.09 Å². The molecule has 0 unspecified atom stereocenters.